The van der Waals surface area contributed by atoms with Crippen LogP contribution < -0.4 is 9.47 Å². The number of halogens is 2. The maximum atomic E-state index is 13.8. The first-order chi connectivity index (χ1) is 20.2. The summed E-state index contributed by atoms with van der Waals surface area (Å²) in [5.41, 5.74) is 5.77. The molecule has 2 aliphatic rings. The van der Waals surface area contributed by atoms with E-state index in [9.17, 15) is 19.0 Å². The Hall–Kier alpha value is -4.14. The summed E-state index contributed by atoms with van der Waals surface area (Å²) in [6.45, 7) is 3.91. The first-order valence-electron chi connectivity index (χ1n) is 13.9. The van der Waals surface area contributed by atoms with E-state index < -0.39 is 12.2 Å². The molecule has 2 N–H and O–H groups in total. The van der Waals surface area contributed by atoms with Crippen LogP contribution in [0.2, 0.25) is 0 Å². The first-order valence-corrected chi connectivity index (χ1v) is 13.9. The average Bonchev–Trinajstić information content (AvgIpc) is 2.98. The van der Waals surface area contributed by atoms with Gasteiger partial charge in [-0.15, -0.1) is 0 Å². The number of fused-ring (bicyclic) bond motifs is 2. The number of benzene rings is 4. The van der Waals surface area contributed by atoms with Crippen molar-refractivity contribution >= 4 is 0 Å². The van der Waals surface area contributed by atoms with Crippen molar-refractivity contribution in [3.8, 4) is 34.1 Å². The van der Waals surface area contributed by atoms with Crippen LogP contribution in [0.3, 0.4) is 0 Å². The Balaban J connectivity index is 1.64. The second-order valence-electron chi connectivity index (χ2n) is 10.9. The molecule has 0 spiro atoms. The van der Waals surface area contributed by atoms with E-state index >= 15 is 0 Å². The van der Waals surface area contributed by atoms with Crippen molar-refractivity contribution in [2.75, 3.05) is 14.2 Å². The zero-order valence-corrected chi connectivity index (χ0v) is 23.8. The zero-order chi connectivity index (χ0) is 29.7. The van der Waals surface area contributed by atoms with E-state index in [1.807, 2.05) is 13.8 Å². The molecule has 4 atom stereocenters. The molecule has 218 valence electrons. The maximum absolute atomic E-state index is 13.8. The summed E-state index contributed by atoms with van der Waals surface area (Å²) >= 11 is 0. The SMILES string of the molecule is COc1cc(OC)c2c(c1-c1cc(O)c(O)c3c1C[C@H](C)O[C@H]3c1ccc(F)cc1)C[C@H](C)O[C@@H]2c1ccc(F)cc1. The maximum Gasteiger partial charge on any atom is 0.164 e. The van der Waals surface area contributed by atoms with Gasteiger partial charge in [0.05, 0.1) is 26.4 Å². The Bertz CT molecular complexity index is 1630. The van der Waals surface area contributed by atoms with Crippen LogP contribution in [0, 0.1) is 11.6 Å². The number of rotatable bonds is 5. The van der Waals surface area contributed by atoms with Crippen molar-refractivity contribution < 1.29 is 37.9 Å². The van der Waals surface area contributed by atoms with E-state index in [4.69, 9.17) is 18.9 Å². The second kappa shape index (κ2) is 10.9. The minimum Gasteiger partial charge on any atom is -0.504 e. The molecule has 42 heavy (non-hydrogen) atoms. The van der Waals surface area contributed by atoms with E-state index in [0.29, 0.717) is 41.0 Å². The van der Waals surface area contributed by atoms with Gasteiger partial charge in [0.2, 0.25) is 0 Å². The molecule has 0 saturated heterocycles. The van der Waals surface area contributed by atoms with Crippen LogP contribution in [0.5, 0.6) is 23.0 Å². The van der Waals surface area contributed by atoms with Gasteiger partial charge >= 0.3 is 0 Å². The van der Waals surface area contributed by atoms with Crippen molar-refractivity contribution in [1.82, 2.24) is 0 Å². The number of phenols is 2. The zero-order valence-electron chi connectivity index (χ0n) is 23.8. The van der Waals surface area contributed by atoms with Gasteiger partial charge in [0.15, 0.2) is 11.5 Å². The lowest BCUT2D eigenvalue weighted by molar-refractivity contribution is 0.00515. The molecular weight excluding hydrogens is 542 g/mol. The van der Waals surface area contributed by atoms with Crippen LogP contribution in [-0.2, 0) is 22.3 Å². The van der Waals surface area contributed by atoms with Gasteiger partial charge in [0.1, 0.15) is 35.3 Å². The fourth-order valence-electron chi connectivity index (χ4n) is 6.31. The number of hydrogen-bond acceptors (Lipinski definition) is 6. The number of methoxy groups -OCH3 is 2. The Kier molecular flexibility index (Phi) is 7.29. The molecule has 0 fully saturated rings. The van der Waals surface area contributed by atoms with Gasteiger partial charge in [-0.2, -0.15) is 0 Å². The van der Waals surface area contributed by atoms with Crippen molar-refractivity contribution in [3.63, 3.8) is 0 Å². The molecule has 6 rings (SSSR count). The van der Waals surface area contributed by atoms with Gasteiger partial charge in [-0.25, -0.2) is 8.78 Å². The van der Waals surface area contributed by atoms with E-state index in [0.717, 1.165) is 27.8 Å². The highest BCUT2D eigenvalue weighted by molar-refractivity contribution is 5.83. The Morgan fingerprint density at radius 3 is 1.71 bits per heavy atom. The lowest BCUT2D eigenvalue weighted by atomic mass is 9.79. The Labute approximate surface area is 243 Å². The van der Waals surface area contributed by atoms with Crippen LogP contribution in [0.4, 0.5) is 8.78 Å². The minimum absolute atomic E-state index is 0.209. The van der Waals surface area contributed by atoms with Gasteiger partial charge in [-0.05, 0) is 84.8 Å². The largest absolute Gasteiger partial charge is 0.504 e. The molecule has 0 amide bonds. The molecule has 0 aromatic heterocycles. The fraction of sp³-hybridized carbons (Fsp3) is 0.294. The van der Waals surface area contributed by atoms with Crippen LogP contribution >= 0.6 is 0 Å². The number of phenolic OH excluding ortho intramolecular Hbond substituents is 2. The predicted molar refractivity (Wildman–Crippen MR) is 153 cm³/mol. The van der Waals surface area contributed by atoms with Gasteiger partial charge < -0.3 is 29.2 Å². The van der Waals surface area contributed by atoms with Gasteiger partial charge in [-0.3, -0.25) is 0 Å². The minimum atomic E-state index is -0.732. The highest BCUT2D eigenvalue weighted by atomic mass is 19.1. The Morgan fingerprint density at radius 1 is 0.690 bits per heavy atom. The third kappa shape index (κ3) is 4.74. The summed E-state index contributed by atoms with van der Waals surface area (Å²) in [7, 11) is 3.15. The standard InChI is InChI=1S/C34H32F2O6/c1-17-13-23-24(15-26(37)32(38)31(23)34(42-17)20-7-11-22(36)12-8-20)29-25-14-18(2)41-33(19-5-9-21(35)10-6-19)30(25)28(40-4)16-27(29)39-3/h5-12,15-18,33-34,37-38H,13-14H2,1-4H3/t17-,18-,33+,34-/m0/s1. The molecule has 4 aromatic rings. The normalized spacial score (nSPS) is 21.4. The lowest BCUT2D eigenvalue weighted by Crippen LogP contribution is -2.27. The number of hydrogen-bond donors (Lipinski definition) is 2. The van der Waals surface area contributed by atoms with Crippen molar-refractivity contribution in [2.45, 2.75) is 51.1 Å². The van der Waals surface area contributed by atoms with Gasteiger partial charge in [0.25, 0.3) is 0 Å². The van der Waals surface area contributed by atoms with Crippen molar-refractivity contribution in [1.29, 1.82) is 0 Å². The van der Waals surface area contributed by atoms with E-state index in [1.54, 1.807) is 50.6 Å². The third-order valence-corrected chi connectivity index (χ3v) is 8.13. The molecule has 4 aromatic carbocycles. The number of aromatic hydroxyl groups is 2. The highest BCUT2D eigenvalue weighted by Crippen LogP contribution is 2.54. The molecule has 0 saturated carbocycles. The first kappa shape index (κ1) is 28.0. The monoisotopic (exact) mass is 574 g/mol. The second-order valence-corrected chi connectivity index (χ2v) is 10.9. The topological polar surface area (TPSA) is 77.4 Å². The molecule has 6 nitrogen and oxygen atoms in total. The highest BCUT2D eigenvalue weighted by Gasteiger charge is 2.38. The summed E-state index contributed by atoms with van der Waals surface area (Å²) in [5, 5.41) is 22.3. The number of ether oxygens (including phenoxy) is 4. The summed E-state index contributed by atoms with van der Waals surface area (Å²) in [4.78, 5) is 0. The molecule has 8 heteroatoms. The quantitative estimate of drug-likeness (QED) is 0.246. The molecule has 2 aliphatic heterocycles. The Morgan fingerprint density at radius 2 is 1.19 bits per heavy atom. The summed E-state index contributed by atoms with van der Waals surface area (Å²) in [6, 6.07) is 15.5. The summed E-state index contributed by atoms with van der Waals surface area (Å²) in [6.07, 6.45) is -0.763. The molecule has 0 radical (unpaired) electrons. The third-order valence-electron chi connectivity index (χ3n) is 8.13. The molecule has 0 bridgehead atoms. The van der Waals surface area contributed by atoms with Crippen LogP contribution in [0.1, 0.15) is 59.4 Å². The molecule has 2 heterocycles. The molecule has 0 unspecified atom stereocenters. The summed E-state index contributed by atoms with van der Waals surface area (Å²) in [5.74, 6) is -0.228. The van der Waals surface area contributed by atoms with Gasteiger partial charge in [0, 0.05) is 22.8 Å². The van der Waals surface area contributed by atoms with Crippen molar-refractivity contribution in [2.24, 2.45) is 0 Å². The van der Waals surface area contributed by atoms with Crippen LogP contribution in [0.25, 0.3) is 11.1 Å². The van der Waals surface area contributed by atoms with Crippen LogP contribution in [-0.4, -0.2) is 36.6 Å². The average molecular weight is 575 g/mol. The smallest absolute Gasteiger partial charge is 0.164 e. The lowest BCUT2D eigenvalue weighted by Gasteiger charge is -2.36. The van der Waals surface area contributed by atoms with Crippen molar-refractivity contribution in [3.05, 3.63) is 106 Å². The van der Waals surface area contributed by atoms with E-state index in [-0.39, 0.29) is 35.3 Å². The fourth-order valence-corrected chi connectivity index (χ4v) is 6.31. The molecular formula is C34H32F2O6. The predicted octanol–water partition coefficient (Wildman–Crippen LogP) is 7.16. The van der Waals surface area contributed by atoms with Gasteiger partial charge in [-0.1, -0.05) is 24.3 Å². The summed E-state index contributed by atoms with van der Waals surface area (Å²) < 4.78 is 52.1. The van der Waals surface area contributed by atoms with E-state index in [1.165, 1.54) is 24.3 Å². The van der Waals surface area contributed by atoms with Crippen LogP contribution in [0.15, 0.2) is 60.7 Å². The van der Waals surface area contributed by atoms with E-state index in [2.05, 4.69) is 0 Å². The molecule has 0 aliphatic carbocycles.